The molecule has 0 spiro atoms. The Kier molecular flexibility index (Phi) is 3.40. The Labute approximate surface area is 139 Å². The van der Waals surface area contributed by atoms with E-state index in [4.69, 9.17) is 0 Å². The molecule has 2 aromatic carbocycles. The summed E-state index contributed by atoms with van der Waals surface area (Å²) < 4.78 is 45.2. The predicted molar refractivity (Wildman–Crippen MR) is 84.4 cm³/mol. The first-order valence-corrected chi connectivity index (χ1v) is 9.51. The van der Waals surface area contributed by atoms with E-state index in [1.165, 1.54) is 12.4 Å². The van der Waals surface area contributed by atoms with Gasteiger partial charge in [-0.15, -0.1) is 0 Å². The van der Waals surface area contributed by atoms with E-state index < -0.39 is 11.7 Å². The topological polar surface area (TPSA) is 25.8 Å². The molecule has 0 aliphatic rings. The van der Waals surface area contributed by atoms with Gasteiger partial charge in [0.2, 0.25) is 0 Å². The first-order chi connectivity index (χ1) is 11.1. The van der Waals surface area contributed by atoms with Crippen molar-refractivity contribution in [2.24, 2.45) is 0 Å². The average Bonchev–Trinajstić information content (AvgIpc) is 3.05. The summed E-state index contributed by atoms with van der Waals surface area (Å²) in [5.41, 5.74) is 0.740. The van der Waals surface area contributed by atoms with E-state index in [-0.39, 0.29) is 31.3 Å². The van der Waals surface area contributed by atoms with Gasteiger partial charge in [-0.05, 0) is 0 Å². The van der Waals surface area contributed by atoms with Gasteiger partial charge in [0.05, 0.1) is 0 Å². The van der Waals surface area contributed by atoms with Crippen LogP contribution in [0.5, 0.6) is 0 Å². The van der Waals surface area contributed by atoms with Gasteiger partial charge in [0.1, 0.15) is 0 Å². The van der Waals surface area contributed by atoms with Crippen molar-refractivity contribution in [3.8, 4) is 11.3 Å². The van der Waals surface area contributed by atoms with E-state index in [1.54, 1.807) is 24.3 Å². The number of benzene rings is 2. The number of hydrogen-bond acceptors (Lipinski definition) is 2. The summed E-state index contributed by atoms with van der Waals surface area (Å²) in [6, 6.07) is 10.2. The molecular formula is C17H9F3N2Te. The fourth-order valence-corrected chi connectivity index (χ4v) is 4.61. The fourth-order valence-electron chi connectivity index (χ4n) is 2.78. The quantitative estimate of drug-likeness (QED) is 0.331. The van der Waals surface area contributed by atoms with Gasteiger partial charge in [-0.25, -0.2) is 0 Å². The van der Waals surface area contributed by atoms with Crippen LogP contribution in [0.2, 0.25) is 0 Å². The van der Waals surface area contributed by atoms with E-state index in [1.807, 2.05) is 6.07 Å². The monoisotopic (exact) mass is 428 g/mol. The fraction of sp³-hybridized carbons (Fsp3) is 0.0588. The van der Waals surface area contributed by atoms with Crippen LogP contribution in [0.3, 0.4) is 0 Å². The van der Waals surface area contributed by atoms with Crippen LogP contribution < -0.4 is 0 Å². The van der Waals surface area contributed by atoms with Crippen molar-refractivity contribution in [2.45, 2.75) is 6.18 Å². The Morgan fingerprint density at radius 3 is 2.52 bits per heavy atom. The van der Waals surface area contributed by atoms with Gasteiger partial charge < -0.3 is 0 Å². The Morgan fingerprint density at radius 1 is 0.957 bits per heavy atom. The van der Waals surface area contributed by atoms with Crippen molar-refractivity contribution < 1.29 is 13.2 Å². The first kappa shape index (κ1) is 14.7. The molecule has 2 nitrogen and oxygen atoms in total. The van der Waals surface area contributed by atoms with Crippen LogP contribution in [0, 0.1) is 0 Å². The summed E-state index contributed by atoms with van der Waals surface area (Å²) >= 11 is -0.342. The molecule has 4 aromatic rings. The Morgan fingerprint density at radius 2 is 1.78 bits per heavy atom. The molecule has 0 N–H and O–H groups in total. The Hall–Kier alpha value is -1.90. The van der Waals surface area contributed by atoms with Crippen molar-refractivity contribution in [3.63, 3.8) is 0 Å². The SMILES string of the molecule is FC(F)(F)c1c2ccccc2cc2c(-c3cc[te]c3)ncnc12. The molecule has 0 saturated carbocycles. The van der Waals surface area contributed by atoms with Crippen molar-refractivity contribution in [1.82, 2.24) is 9.97 Å². The molecule has 0 atom stereocenters. The number of fused-ring (bicyclic) bond motifs is 2. The molecule has 114 valence electrons. The van der Waals surface area contributed by atoms with Gasteiger partial charge in [-0.2, -0.15) is 0 Å². The van der Waals surface area contributed by atoms with E-state index in [2.05, 4.69) is 18.1 Å². The van der Waals surface area contributed by atoms with Crippen molar-refractivity contribution in [2.75, 3.05) is 0 Å². The summed E-state index contributed by atoms with van der Waals surface area (Å²) in [7, 11) is 0. The van der Waals surface area contributed by atoms with Crippen molar-refractivity contribution >= 4 is 42.1 Å². The summed E-state index contributed by atoms with van der Waals surface area (Å²) in [5.74, 6) is 0. The third kappa shape index (κ3) is 2.43. The molecule has 0 unspecified atom stereocenters. The normalized spacial score (nSPS) is 12.1. The molecule has 4 rings (SSSR count). The average molecular weight is 426 g/mol. The molecule has 2 heterocycles. The zero-order valence-corrected chi connectivity index (χ0v) is 14.0. The van der Waals surface area contributed by atoms with E-state index in [0.717, 1.165) is 5.56 Å². The second-order valence-corrected chi connectivity index (χ2v) is 7.33. The van der Waals surface area contributed by atoms with Crippen LogP contribution in [0.4, 0.5) is 13.2 Å². The third-order valence-electron chi connectivity index (χ3n) is 3.73. The van der Waals surface area contributed by atoms with Gasteiger partial charge in [-0.3, -0.25) is 0 Å². The van der Waals surface area contributed by atoms with Crippen LogP contribution in [-0.4, -0.2) is 30.4 Å². The number of alkyl halides is 3. The molecule has 0 bridgehead atoms. The van der Waals surface area contributed by atoms with Crippen LogP contribution in [0.15, 0.2) is 50.9 Å². The number of halogens is 3. The maximum absolute atomic E-state index is 13.7. The summed E-state index contributed by atoms with van der Waals surface area (Å²) in [5, 5.41) is 1.16. The first-order valence-electron chi connectivity index (χ1n) is 6.82. The summed E-state index contributed by atoms with van der Waals surface area (Å²) in [6.45, 7) is 0. The molecular weight excluding hydrogens is 417 g/mol. The number of hydrogen-bond donors (Lipinski definition) is 0. The molecule has 0 amide bonds. The summed E-state index contributed by atoms with van der Waals surface area (Å²) in [6.07, 6.45) is -3.26. The second kappa shape index (κ2) is 5.33. The van der Waals surface area contributed by atoms with Gasteiger partial charge in [0.15, 0.2) is 0 Å². The van der Waals surface area contributed by atoms with E-state index >= 15 is 0 Å². The maximum atomic E-state index is 13.7. The Balaban J connectivity index is 2.21. The van der Waals surface area contributed by atoms with Gasteiger partial charge in [-0.1, -0.05) is 0 Å². The molecule has 0 saturated heterocycles. The summed E-state index contributed by atoms with van der Waals surface area (Å²) in [4.78, 5) is 8.20. The van der Waals surface area contributed by atoms with Gasteiger partial charge in [0.25, 0.3) is 0 Å². The molecule has 0 radical (unpaired) electrons. The predicted octanol–water partition coefficient (Wildman–Crippen LogP) is 4.53. The van der Waals surface area contributed by atoms with E-state index in [9.17, 15) is 13.2 Å². The molecule has 6 heteroatoms. The van der Waals surface area contributed by atoms with Crippen LogP contribution in [-0.2, 0) is 6.18 Å². The zero-order chi connectivity index (χ0) is 16.0. The van der Waals surface area contributed by atoms with Crippen LogP contribution in [0.25, 0.3) is 32.9 Å². The molecule has 23 heavy (non-hydrogen) atoms. The van der Waals surface area contributed by atoms with Gasteiger partial charge in [0, 0.05) is 0 Å². The third-order valence-corrected chi connectivity index (χ3v) is 5.68. The Bertz CT molecular complexity index is 1010. The molecule has 0 fully saturated rings. The zero-order valence-electron chi connectivity index (χ0n) is 11.6. The van der Waals surface area contributed by atoms with Crippen LogP contribution >= 0.6 is 0 Å². The number of nitrogens with zero attached hydrogens (tertiary/aromatic N) is 2. The minimum absolute atomic E-state index is 0.0389. The van der Waals surface area contributed by atoms with E-state index in [0.29, 0.717) is 16.5 Å². The number of aromatic nitrogens is 2. The molecule has 0 aliphatic carbocycles. The number of rotatable bonds is 1. The minimum atomic E-state index is -4.47. The second-order valence-electron chi connectivity index (χ2n) is 5.10. The van der Waals surface area contributed by atoms with Crippen molar-refractivity contribution in [1.29, 1.82) is 0 Å². The van der Waals surface area contributed by atoms with Gasteiger partial charge >= 0.3 is 139 Å². The standard InChI is InChI=1S/C17H9F3N2Te/c18-17(19,20)14-12-4-2-1-3-10(12)7-13-15(11-5-6-23-8-11)21-9-22-16(13)14/h1-9H. The van der Waals surface area contributed by atoms with Crippen LogP contribution in [0.1, 0.15) is 5.56 Å². The molecule has 0 aliphatic heterocycles. The van der Waals surface area contributed by atoms with Crippen molar-refractivity contribution in [3.05, 3.63) is 56.5 Å². The molecule has 2 aromatic heterocycles.